The third kappa shape index (κ3) is 4.78. The maximum absolute atomic E-state index is 5.50. The molecular weight excluding hydrogens is 202 g/mol. The van der Waals surface area contributed by atoms with Gasteiger partial charge in [0, 0.05) is 39.3 Å². The quantitative estimate of drug-likeness (QED) is 0.641. The van der Waals surface area contributed by atoms with Gasteiger partial charge in [-0.15, -0.1) is 0 Å². The average Bonchev–Trinajstić information content (AvgIpc) is 2.30. The van der Waals surface area contributed by atoms with E-state index in [0.717, 1.165) is 19.6 Å². The summed E-state index contributed by atoms with van der Waals surface area (Å²) in [6, 6.07) is 0.552. The summed E-state index contributed by atoms with van der Waals surface area (Å²) in [5, 5.41) is 0. The SMILES string of the molecule is COCC(C)N1CCN(CCCCN)CC1. The molecule has 4 nitrogen and oxygen atoms in total. The van der Waals surface area contributed by atoms with Gasteiger partial charge in [-0.2, -0.15) is 0 Å². The van der Waals surface area contributed by atoms with E-state index in [1.807, 2.05) is 0 Å². The van der Waals surface area contributed by atoms with Crippen LogP contribution in [0.1, 0.15) is 19.8 Å². The highest BCUT2D eigenvalue weighted by atomic mass is 16.5. The molecule has 0 bridgehead atoms. The van der Waals surface area contributed by atoms with Gasteiger partial charge in [0.25, 0.3) is 0 Å². The first kappa shape index (κ1) is 13.9. The molecule has 1 fully saturated rings. The van der Waals surface area contributed by atoms with Crippen LogP contribution < -0.4 is 5.73 Å². The van der Waals surface area contributed by atoms with Crippen LogP contribution in [0.25, 0.3) is 0 Å². The predicted octanol–water partition coefficient (Wildman–Crippen LogP) is 0.378. The summed E-state index contributed by atoms with van der Waals surface area (Å²) in [4.78, 5) is 5.06. The Morgan fingerprint density at radius 2 is 1.88 bits per heavy atom. The Bertz CT molecular complexity index is 170. The molecule has 1 rings (SSSR count). The summed E-state index contributed by atoms with van der Waals surface area (Å²) in [6.45, 7) is 9.85. The van der Waals surface area contributed by atoms with Crippen molar-refractivity contribution in [2.45, 2.75) is 25.8 Å². The first-order valence-corrected chi connectivity index (χ1v) is 6.43. The summed E-state index contributed by atoms with van der Waals surface area (Å²) in [5.41, 5.74) is 5.50. The van der Waals surface area contributed by atoms with Crippen LogP contribution in [0.15, 0.2) is 0 Å². The van der Waals surface area contributed by atoms with Gasteiger partial charge < -0.3 is 15.4 Å². The van der Waals surface area contributed by atoms with Gasteiger partial charge in [-0.25, -0.2) is 0 Å². The second kappa shape index (κ2) is 8.01. The number of methoxy groups -OCH3 is 1. The van der Waals surface area contributed by atoms with E-state index in [9.17, 15) is 0 Å². The lowest BCUT2D eigenvalue weighted by atomic mass is 10.2. The Kier molecular flexibility index (Phi) is 6.96. The minimum absolute atomic E-state index is 0.552. The van der Waals surface area contributed by atoms with Crippen molar-refractivity contribution in [3.8, 4) is 0 Å². The van der Waals surface area contributed by atoms with E-state index >= 15 is 0 Å². The van der Waals surface area contributed by atoms with Crippen molar-refractivity contribution in [2.24, 2.45) is 5.73 Å². The largest absolute Gasteiger partial charge is 0.383 e. The molecule has 1 unspecified atom stereocenters. The zero-order valence-electron chi connectivity index (χ0n) is 10.8. The third-order valence-electron chi connectivity index (χ3n) is 3.37. The molecule has 1 heterocycles. The molecule has 0 radical (unpaired) electrons. The highest BCUT2D eigenvalue weighted by molar-refractivity contribution is 4.75. The van der Waals surface area contributed by atoms with E-state index in [-0.39, 0.29) is 0 Å². The Morgan fingerprint density at radius 1 is 1.19 bits per heavy atom. The number of rotatable bonds is 7. The lowest BCUT2D eigenvalue weighted by Crippen LogP contribution is -2.50. The second-order valence-corrected chi connectivity index (χ2v) is 4.68. The number of ether oxygens (including phenoxy) is 1. The Balaban J connectivity index is 2.13. The van der Waals surface area contributed by atoms with Crippen LogP contribution in [-0.2, 0) is 4.74 Å². The van der Waals surface area contributed by atoms with E-state index in [4.69, 9.17) is 10.5 Å². The normalized spacial score (nSPS) is 21.2. The molecule has 0 spiro atoms. The van der Waals surface area contributed by atoms with E-state index < -0.39 is 0 Å². The molecule has 2 N–H and O–H groups in total. The van der Waals surface area contributed by atoms with Gasteiger partial charge in [-0.3, -0.25) is 4.90 Å². The van der Waals surface area contributed by atoms with Crippen molar-refractivity contribution in [2.75, 3.05) is 53.0 Å². The maximum Gasteiger partial charge on any atom is 0.0615 e. The number of hydrogen-bond acceptors (Lipinski definition) is 4. The van der Waals surface area contributed by atoms with Gasteiger partial charge in [0.05, 0.1) is 6.61 Å². The molecule has 0 amide bonds. The number of hydrogen-bond donors (Lipinski definition) is 1. The summed E-state index contributed by atoms with van der Waals surface area (Å²) < 4.78 is 5.19. The van der Waals surface area contributed by atoms with Crippen LogP contribution in [0.2, 0.25) is 0 Å². The smallest absolute Gasteiger partial charge is 0.0615 e. The van der Waals surface area contributed by atoms with E-state index in [2.05, 4.69) is 16.7 Å². The average molecular weight is 229 g/mol. The molecule has 0 aromatic carbocycles. The zero-order chi connectivity index (χ0) is 11.8. The van der Waals surface area contributed by atoms with Gasteiger partial charge in [-0.05, 0) is 32.9 Å². The van der Waals surface area contributed by atoms with Gasteiger partial charge in [-0.1, -0.05) is 0 Å². The lowest BCUT2D eigenvalue weighted by Gasteiger charge is -2.37. The number of piperazine rings is 1. The van der Waals surface area contributed by atoms with Crippen LogP contribution in [-0.4, -0.2) is 68.8 Å². The van der Waals surface area contributed by atoms with Crippen LogP contribution >= 0.6 is 0 Å². The van der Waals surface area contributed by atoms with Gasteiger partial charge >= 0.3 is 0 Å². The topological polar surface area (TPSA) is 41.7 Å². The second-order valence-electron chi connectivity index (χ2n) is 4.68. The first-order valence-electron chi connectivity index (χ1n) is 6.43. The predicted molar refractivity (Wildman–Crippen MR) is 67.6 cm³/mol. The summed E-state index contributed by atoms with van der Waals surface area (Å²) in [5.74, 6) is 0. The van der Waals surface area contributed by atoms with Crippen molar-refractivity contribution in [3.63, 3.8) is 0 Å². The van der Waals surface area contributed by atoms with Crippen molar-refractivity contribution >= 4 is 0 Å². The highest BCUT2D eigenvalue weighted by Gasteiger charge is 2.20. The van der Waals surface area contributed by atoms with Crippen LogP contribution in [0, 0.1) is 0 Å². The Hall–Kier alpha value is -0.160. The monoisotopic (exact) mass is 229 g/mol. The number of nitrogens with zero attached hydrogens (tertiary/aromatic N) is 2. The molecule has 0 saturated carbocycles. The molecule has 96 valence electrons. The van der Waals surface area contributed by atoms with E-state index in [1.54, 1.807) is 7.11 Å². The summed E-state index contributed by atoms with van der Waals surface area (Å²) in [6.07, 6.45) is 2.39. The third-order valence-corrected chi connectivity index (χ3v) is 3.37. The minimum Gasteiger partial charge on any atom is -0.383 e. The van der Waals surface area contributed by atoms with Crippen LogP contribution in [0.4, 0.5) is 0 Å². The van der Waals surface area contributed by atoms with Crippen LogP contribution in [0.5, 0.6) is 0 Å². The van der Waals surface area contributed by atoms with Crippen molar-refractivity contribution < 1.29 is 4.74 Å². The fourth-order valence-electron chi connectivity index (χ4n) is 2.25. The fraction of sp³-hybridized carbons (Fsp3) is 1.00. The van der Waals surface area contributed by atoms with Crippen molar-refractivity contribution in [3.05, 3.63) is 0 Å². The lowest BCUT2D eigenvalue weighted by molar-refractivity contribution is 0.0569. The molecule has 0 aromatic heterocycles. The molecule has 0 aliphatic carbocycles. The van der Waals surface area contributed by atoms with Crippen molar-refractivity contribution in [1.82, 2.24) is 9.80 Å². The number of nitrogens with two attached hydrogens (primary N) is 1. The number of unbranched alkanes of at least 4 members (excludes halogenated alkanes) is 1. The Morgan fingerprint density at radius 3 is 2.44 bits per heavy atom. The van der Waals surface area contributed by atoms with Gasteiger partial charge in [0.2, 0.25) is 0 Å². The van der Waals surface area contributed by atoms with E-state index in [1.165, 1.54) is 39.1 Å². The van der Waals surface area contributed by atoms with Crippen LogP contribution in [0.3, 0.4) is 0 Å². The molecule has 0 aromatic rings. The molecule has 1 aliphatic heterocycles. The minimum atomic E-state index is 0.552. The van der Waals surface area contributed by atoms with Crippen molar-refractivity contribution in [1.29, 1.82) is 0 Å². The highest BCUT2D eigenvalue weighted by Crippen LogP contribution is 2.07. The zero-order valence-corrected chi connectivity index (χ0v) is 10.8. The molecule has 1 atom stereocenters. The molecule has 16 heavy (non-hydrogen) atoms. The molecular formula is C12H27N3O. The fourth-order valence-corrected chi connectivity index (χ4v) is 2.25. The summed E-state index contributed by atoms with van der Waals surface area (Å²) >= 11 is 0. The molecule has 1 saturated heterocycles. The van der Waals surface area contributed by atoms with Gasteiger partial charge in [0.1, 0.15) is 0 Å². The summed E-state index contributed by atoms with van der Waals surface area (Å²) in [7, 11) is 1.78. The molecule has 1 aliphatic rings. The van der Waals surface area contributed by atoms with E-state index in [0.29, 0.717) is 6.04 Å². The Labute approximate surface area is 99.7 Å². The standard InChI is InChI=1S/C12H27N3O/c1-12(11-16-2)15-9-7-14(8-10-15)6-4-3-5-13/h12H,3-11,13H2,1-2H3. The maximum atomic E-state index is 5.50. The van der Waals surface area contributed by atoms with Gasteiger partial charge in [0.15, 0.2) is 0 Å². The first-order chi connectivity index (χ1) is 7.77. The molecule has 4 heteroatoms.